The van der Waals surface area contributed by atoms with Gasteiger partial charge in [0.1, 0.15) is 5.60 Å². The number of hydrogen-bond acceptors (Lipinski definition) is 3. The second kappa shape index (κ2) is 7.68. The maximum Gasteiger partial charge on any atom is 0.410 e. The molecule has 0 radical (unpaired) electrons. The zero-order valence-electron chi connectivity index (χ0n) is 14.4. The van der Waals surface area contributed by atoms with Crippen molar-refractivity contribution in [2.24, 2.45) is 0 Å². The number of halogens is 3. The van der Waals surface area contributed by atoms with Gasteiger partial charge in [0.05, 0.1) is 5.56 Å². The highest BCUT2D eigenvalue weighted by Gasteiger charge is 2.28. The van der Waals surface area contributed by atoms with Gasteiger partial charge in [0, 0.05) is 23.6 Å². The van der Waals surface area contributed by atoms with Crippen LogP contribution in [0, 0.1) is 11.6 Å². The molecule has 25 heavy (non-hydrogen) atoms. The van der Waals surface area contributed by atoms with Crippen molar-refractivity contribution in [3.8, 4) is 0 Å². The predicted octanol–water partition coefficient (Wildman–Crippen LogP) is 3.86. The van der Waals surface area contributed by atoms with E-state index < -0.39 is 29.2 Å². The summed E-state index contributed by atoms with van der Waals surface area (Å²) in [6, 6.07) is 1.99. The number of nitrogens with one attached hydrogen (secondary N) is 1. The van der Waals surface area contributed by atoms with Crippen molar-refractivity contribution in [2.75, 3.05) is 13.1 Å². The first-order chi connectivity index (χ1) is 11.6. The van der Waals surface area contributed by atoms with Crippen LogP contribution in [0.25, 0.3) is 0 Å². The molecule has 1 aliphatic heterocycles. The Balaban J connectivity index is 1.92. The molecule has 0 saturated carbocycles. The van der Waals surface area contributed by atoms with E-state index in [0.717, 1.165) is 6.07 Å². The lowest BCUT2D eigenvalue weighted by molar-refractivity contribution is 0.0199. The Morgan fingerprint density at radius 2 is 1.84 bits per heavy atom. The van der Waals surface area contributed by atoms with E-state index in [0.29, 0.717) is 25.9 Å². The molecule has 8 heteroatoms. The third kappa shape index (κ3) is 5.39. The van der Waals surface area contributed by atoms with Gasteiger partial charge in [0.2, 0.25) is 0 Å². The first-order valence-corrected chi connectivity index (χ1v) is 8.79. The minimum Gasteiger partial charge on any atom is -0.444 e. The molecule has 1 aromatic rings. The molecule has 2 amide bonds. The number of nitrogens with zero attached hydrogens (tertiary/aromatic N) is 1. The van der Waals surface area contributed by atoms with Crippen LogP contribution in [0.4, 0.5) is 13.6 Å². The fourth-order valence-electron chi connectivity index (χ4n) is 2.52. The van der Waals surface area contributed by atoms with E-state index in [4.69, 9.17) is 4.74 Å². The van der Waals surface area contributed by atoms with Crippen LogP contribution >= 0.6 is 15.9 Å². The van der Waals surface area contributed by atoms with E-state index >= 15 is 0 Å². The summed E-state index contributed by atoms with van der Waals surface area (Å²) in [6.45, 7) is 6.24. The Labute approximate surface area is 153 Å². The van der Waals surface area contributed by atoms with Crippen LogP contribution < -0.4 is 5.32 Å². The van der Waals surface area contributed by atoms with Gasteiger partial charge >= 0.3 is 6.09 Å². The molecule has 0 spiro atoms. The van der Waals surface area contributed by atoms with E-state index in [1.165, 1.54) is 6.07 Å². The van der Waals surface area contributed by atoms with Crippen molar-refractivity contribution >= 4 is 27.9 Å². The number of piperidine rings is 1. The molecule has 0 bridgehead atoms. The third-order valence-electron chi connectivity index (χ3n) is 3.72. The summed E-state index contributed by atoms with van der Waals surface area (Å²) in [5.41, 5.74) is -0.911. The molecular formula is C17H21BrF2N2O3. The average Bonchev–Trinajstić information content (AvgIpc) is 2.49. The summed E-state index contributed by atoms with van der Waals surface area (Å²) >= 11 is 3.04. The number of ether oxygens (including phenoxy) is 1. The van der Waals surface area contributed by atoms with Crippen LogP contribution in [-0.2, 0) is 4.74 Å². The van der Waals surface area contributed by atoms with Gasteiger partial charge in [-0.1, -0.05) is 15.9 Å². The second-order valence-electron chi connectivity index (χ2n) is 6.96. The van der Waals surface area contributed by atoms with E-state index in [9.17, 15) is 18.4 Å². The highest BCUT2D eigenvalue weighted by molar-refractivity contribution is 9.10. The van der Waals surface area contributed by atoms with Crippen molar-refractivity contribution in [2.45, 2.75) is 45.3 Å². The molecule has 0 unspecified atom stereocenters. The zero-order chi connectivity index (χ0) is 18.8. The second-order valence-corrected chi connectivity index (χ2v) is 7.88. The SMILES string of the molecule is CC(C)(C)OC(=O)N1CCC(NC(=O)c2cc(Br)cc(F)c2F)CC1. The number of carbonyl (C=O) groups is 2. The van der Waals surface area contributed by atoms with Gasteiger partial charge in [-0.2, -0.15) is 0 Å². The number of benzene rings is 1. The van der Waals surface area contributed by atoms with Crippen molar-refractivity contribution in [1.82, 2.24) is 10.2 Å². The van der Waals surface area contributed by atoms with Crippen LogP contribution in [0.15, 0.2) is 16.6 Å². The fraction of sp³-hybridized carbons (Fsp3) is 0.529. The van der Waals surface area contributed by atoms with Crippen molar-refractivity contribution in [3.05, 3.63) is 33.8 Å². The maximum atomic E-state index is 13.8. The molecule has 1 N–H and O–H groups in total. The lowest BCUT2D eigenvalue weighted by Crippen LogP contribution is -2.47. The Morgan fingerprint density at radius 3 is 2.40 bits per heavy atom. The monoisotopic (exact) mass is 418 g/mol. The number of rotatable bonds is 2. The summed E-state index contributed by atoms with van der Waals surface area (Å²) < 4.78 is 32.8. The molecule has 1 heterocycles. The van der Waals surface area contributed by atoms with E-state index in [2.05, 4.69) is 21.2 Å². The maximum absolute atomic E-state index is 13.8. The molecule has 1 aromatic carbocycles. The van der Waals surface area contributed by atoms with Gasteiger partial charge in [-0.05, 0) is 45.7 Å². The standard InChI is InChI=1S/C17H21BrF2N2O3/c1-17(2,3)25-16(24)22-6-4-11(5-7-22)21-15(23)12-8-10(18)9-13(19)14(12)20/h8-9,11H,4-7H2,1-3H3,(H,21,23). The van der Waals surface area contributed by atoms with Gasteiger partial charge in [0.25, 0.3) is 5.91 Å². The minimum atomic E-state index is -1.17. The summed E-state index contributed by atoms with van der Waals surface area (Å²) in [5.74, 6) is -2.93. The molecule has 1 aliphatic rings. The van der Waals surface area contributed by atoms with Gasteiger partial charge in [-0.25, -0.2) is 13.6 Å². The van der Waals surface area contributed by atoms with Crippen molar-refractivity contribution < 1.29 is 23.1 Å². The van der Waals surface area contributed by atoms with Crippen LogP contribution in [0.2, 0.25) is 0 Å². The van der Waals surface area contributed by atoms with Gasteiger partial charge in [-0.15, -0.1) is 0 Å². The summed E-state index contributed by atoms with van der Waals surface area (Å²) in [7, 11) is 0. The molecule has 0 aromatic heterocycles. The van der Waals surface area contributed by atoms with Gasteiger partial charge in [0.15, 0.2) is 11.6 Å². The van der Waals surface area contributed by atoms with E-state index in [1.807, 2.05) is 0 Å². The molecule has 2 rings (SSSR count). The quantitative estimate of drug-likeness (QED) is 0.741. The van der Waals surface area contributed by atoms with Gasteiger partial charge in [-0.3, -0.25) is 4.79 Å². The predicted molar refractivity (Wildman–Crippen MR) is 92.4 cm³/mol. The molecule has 5 nitrogen and oxygen atoms in total. The normalized spacial score (nSPS) is 15.8. The van der Waals surface area contributed by atoms with Crippen molar-refractivity contribution in [1.29, 1.82) is 0 Å². The number of amides is 2. The van der Waals surface area contributed by atoms with Crippen LogP contribution in [0.3, 0.4) is 0 Å². The molecule has 0 atom stereocenters. The molecule has 0 aliphatic carbocycles. The Kier molecular flexibility index (Phi) is 6.03. The van der Waals surface area contributed by atoms with Crippen LogP contribution in [0.5, 0.6) is 0 Å². The topological polar surface area (TPSA) is 58.6 Å². The molecular weight excluding hydrogens is 398 g/mol. The Bertz CT molecular complexity index is 669. The zero-order valence-corrected chi connectivity index (χ0v) is 16.0. The lowest BCUT2D eigenvalue weighted by atomic mass is 10.0. The van der Waals surface area contributed by atoms with Crippen molar-refractivity contribution in [3.63, 3.8) is 0 Å². The summed E-state index contributed by atoms with van der Waals surface area (Å²) in [4.78, 5) is 25.8. The first-order valence-electron chi connectivity index (χ1n) is 8.00. The number of carbonyl (C=O) groups excluding carboxylic acids is 2. The van der Waals surface area contributed by atoms with Crippen LogP contribution in [0.1, 0.15) is 44.0 Å². The smallest absolute Gasteiger partial charge is 0.410 e. The molecule has 1 fully saturated rings. The average molecular weight is 419 g/mol. The summed E-state index contributed by atoms with van der Waals surface area (Å²) in [6.07, 6.45) is 0.643. The Hall–Kier alpha value is -1.70. The minimum absolute atomic E-state index is 0.215. The Morgan fingerprint density at radius 1 is 1.24 bits per heavy atom. The largest absolute Gasteiger partial charge is 0.444 e. The highest BCUT2D eigenvalue weighted by Crippen LogP contribution is 2.20. The highest BCUT2D eigenvalue weighted by atomic mass is 79.9. The van der Waals surface area contributed by atoms with Gasteiger partial charge < -0.3 is 15.0 Å². The van der Waals surface area contributed by atoms with Crippen LogP contribution in [-0.4, -0.2) is 41.6 Å². The van der Waals surface area contributed by atoms with E-state index in [1.54, 1.807) is 25.7 Å². The first kappa shape index (κ1) is 19.6. The molecule has 1 saturated heterocycles. The molecule has 138 valence electrons. The number of hydrogen-bond donors (Lipinski definition) is 1. The summed E-state index contributed by atoms with van der Waals surface area (Å²) in [5, 5.41) is 2.69. The van der Waals surface area contributed by atoms with E-state index in [-0.39, 0.29) is 16.1 Å². The fourth-order valence-corrected chi connectivity index (χ4v) is 2.95. The lowest BCUT2D eigenvalue weighted by Gasteiger charge is -2.33. The third-order valence-corrected chi connectivity index (χ3v) is 4.18. The number of likely N-dealkylation sites (tertiary alicyclic amines) is 1.